The average molecular weight is 162 g/mol. The van der Waals surface area contributed by atoms with Crippen molar-refractivity contribution in [3.05, 3.63) is 29.6 Å². The fourth-order valence-electron chi connectivity index (χ4n) is 1.02. The van der Waals surface area contributed by atoms with Crippen LogP contribution in [0.5, 0.6) is 0 Å². The van der Waals surface area contributed by atoms with Gasteiger partial charge in [0.2, 0.25) is 0 Å². The Morgan fingerprint density at radius 3 is 1.75 bits per heavy atom. The zero-order chi connectivity index (χ0) is 9.14. The van der Waals surface area contributed by atoms with Gasteiger partial charge in [0.1, 0.15) is 0 Å². The SMILES string of the molecule is CC(C)c1c[c]cc(C(C)C)n1. The number of rotatable bonds is 2. The van der Waals surface area contributed by atoms with E-state index in [1.165, 1.54) is 0 Å². The van der Waals surface area contributed by atoms with E-state index in [1.807, 2.05) is 12.1 Å². The summed E-state index contributed by atoms with van der Waals surface area (Å²) < 4.78 is 0. The zero-order valence-corrected chi connectivity index (χ0v) is 8.26. The highest BCUT2D eigenvalue weighted by molar-refractivity contribution is 5.14. The van der Waals surface area contributed by atoms with Gasteiger partial charge in [0.25, 0.3) is 0 Å². The number of aromatic nitrogens is 1. The van der Waals surface area contributed by atoms with Crippen molar-refractivity contribution in [2.45, 2.75) is 39.5 Å². The van der Waals surface area contributed by atoms with Gasteiger partial charge in [0.05, 0.1) is 0 Å². The van der Waals surface area contributed by atoms with Gasteiger partial charge in [-0.1, -0.05) is 27.7 Å². The maximum absolute atomic E-state index is 4.54. The van der Waals surface area contributed by atoms with Crippen molar-refractivity contribution in [1.82, 2.24) is 4.98 Å². The minimum Gasteiger partial charge on any atom is -0.257 e. The van der Waals surface area contributed by atoms with Gasteiger partial charge in [-0.25, -0.2) is 0 Å². The molecular weight excluding hydrogens is 146 g/mol. The number of hydrogen-bond acceptors (Lipinski definition) is 1. The van der Waals surface area contributed by atoms with E-state index in [9.17, 15) is 0 Å². The van der Waals surface area contributed by atoms with E-state index in [4.69, 9.17) is 0 Å². The van der Waals surface area contributed by atoms with Crippen LogP contribution in [0.4, 0.5) is 0 Å². The highest BCUT2D eigenvalue weighted by Crippen LogP contribution is 2.15. The van der Waals surface area contributed by atoms with Gasteiger partial charge in [-0.05, 0) is 30.0 Å². The molecule has 1 nitrogen and oxygen atoms in total. The lowest BCUT2D eigenvalue weighted by Crippen LogP contribution is -1.98. The molecule has 0 saturated carbocycles. The molecule has 0 amide bonds. The minimum atomic E-state index is 0.500. The van der Waals surface area contributed by atoms with Crippen molar-refractivity contribution in [2.75, 3.05) is 0 Å². The first-order valence-electron chi connectivity index (χ1n) is 4.49. The molecule has 12 heavy (non-hydrogen) atoms. The Morgan fingerprint density at radius 1 is 1.00 bits per heavy atom. The minimum absolute atomic E-state index is 0.500. The van der Waals surface area contributed by atoms with Gasteiger partial charge in [-0.15, -0.1) is 0 Å². The summed E-state index contributed by atoms with van der Waals surface area (Å²) in [6.45, 7) is 8.61. The molecule has 0 fully saturated rings. The van der Waals surface area contributed by atoms with Crippen LogP contribution in [-0.4, -0.2) is 4.98 Å². The normalized spacial score (nSPS) is 11.2. The zero-order valence-electron chi connectivity index (χ0n) is 8.26. The molecule has 0 spiro atoms. The standard InChI is InChI=1S/C11H16N/c1-8(2)10-6-5-7-11(12-10)9(3)4/h6-9H,1-4H3. The first-order valence-corrected chi connectivity index (χ1v) is 4.49. The van der Waals surface area contributed by atoms with Crippen LogP contribution in [-0.2, 0) is 0 Å². The van der Waals surface area contributed by atoms with Gasteiger partial charge < -0.3 is 0 Å². The summed E-state index contributed by atoms with van der Waals surface area (Å²) in [6, 6.07) is 7.07. The summed E-state index contributed by atoms with van der Waals surface area (Å²) in [4.78, 5) is 4.54. The van der Waals surface area contributed by atoms with E-state index >= 15 is 0 Å². The Hall–Kier alpha value is -0.850. The fourth-order valence-corrected chi connectivity index (χ4v) is 1.02. The van der Waals surface area contributed by atoms with Crippen molar-refractivity contribution >= 4 is 0 Å². The maximum Gasteiger partial charge on any atom is 0.0438 e. The lowest BCUT2D eigenvalue weighted by molar-refractivity contribution is 0.764. The summed E-state index contributed by atoms with van der Waals surface area (Å²) in [5.41, 5.74) is 2.28. The van der Waals surface area contributed by atoms with Crippen LogP contribution >= 0.6 is 0 Å². The summed E-state index contributed by atoms with van der Waals surface area (Å²) in [5.74, 6) is 1.000. The molecule has 0 aliphatic carbocycles. The Labute approximate surface area is 74.8 Å². The van der Waals surface area contributed by atoms with E-state index in [2.05, 4.69) is 38.7 Å². The second-order valence-electron chi connectivity index (χ2n) is 3.73. The van der Waals surface area contributed by atoms with Crippen molar-refractivity contribution in [3.8, 4) is 0 Å². The lowest BCUT2D eigenvalue weighted by Gasteiger charge is -2.08. The number of pyridine rings is 1. The second-order valence-corrected chi connectivity index (χ2v) is 3.73. The molecule has 0 aliphatic rings. The molecule has 1 heteroatoms. The molecule has 1 radical (unpaired) electrons. The Bertz CT molecular complexity index is 228. The number of nitrogens with zero attached hydrogens (tertiary/aromatic N) is 1. The average Bonchev–Trinajstić information content (AvgIpc) is 2.04. The molecule has 0 atom stereocenters. The highest BCUT2D eigenvalue weighted by atomic mass is 14.7. The van der Waals surface area contributed by atoms with E-state index < -0.39 is 0 Å². The van der Waals surface area contributed by atoms with Crippen molar-refractivity contribution < 1.29 is 0 Å². The van der Waals surface area contributed by atoms with E-state index in [1.54, 1.807) is 0 Å². The maximum atomic E-state index is 4.54. The largest absolute Gasteiger partial charge is 0.257 e. The van der Waals surface area contributed by atoms with Crippen LogP contribution < -0.4 is 0 Å². The molecule has 1 aromatic rings. The smallest absolute Gasteiger partial charge is 0.0438 e. The monoisotopic (exact) mass is 162 g/mol. The van der Waals surface area contributed by atoms with Crippen molar-refractivity contribution in [1.29, 1.82) is 0 Å². The first kappa shape index (κ1) is 9.24. The van der Waals surface area contributed by atoms with Crippen LogP contribution in [0, 0.1) is 6.07 Å². The molecule has 0 aliphatic heterocycles. The molecule has 1 rings (SSSR count). The molecule has 0 bridgehead atoms. The predicted molar refractivity (Wildman–Crippen MR) is 51.3 cm³/mol. The van der Waals surface area contributed by atoms with Crippen LogP contribution in [0.3, 0.4) is 0 Å². The summed E-state index contributed by atoms with van der Waals surface area (Å²) in [5, 5.41) is 0. The highest BCUT2D eigenvalue weighted by Gasteiger charge is 2.04. The molecule has 65 valence electrons. The topological polar surface area (TPSA) is 12.9 Å². The Morgan fingerprint density at radius 2 is 1.42 bits per heavy atom. The van der Waals surface area contributed by atoms with E-state index in [0.29, 0.717) is 11.8 Å². The van der Waals surface area contributed by atoms with Crippen LogP contribution in [0.1, 0.15) is 50.9 Å². The molecule has 0 unspecified atom stereocenters. The van der Waals surface area contributed by atoms with Gasteiger partial charge in [0, 0.05) is 11.4 Å². The lowest BCUT2D eigenvalue weighted by atomic mass is 10.1. The van der Waals surface area contributed by atoms with E-state index in [-0.39, 0.29) is 0 Å². The van der Waals surface area contributed by atoms with Gasteiger partial charge in [0.15, 0.2) is 0 Å². The summed E-state index contributed by atoms with van der Waals surface area (Å²) in [7, 11) is 0. The molecule has 1 aromatic heterocycles. The van der Waals surface area contributed by atoms with Crippen LogP contribution in [0.25, 0.3) is 0 Å². The molecule has 0 saturated heterocycles. The molecule has 1 heterocycles. The molecule has 0 aromatic carbocycles. The predicted octanol–water partition coefficient (Wildman–Crippen LogP) is 3.13. The van der Waals surface area contributed by atoms with Gasteiger partial charge in [-0.3, -0.25) is 4.98 Å². The van der Waals surface area contributed by atoms with Crippen molar-refractivity contribution in [3.63, 3.8) is 0 Å². The quantitative estimate of drug-likeness (QED) is 0.651. The van der Waals surface area contributed by atoms with E-state index in [0.717, 1.165) is 11.4 Å². The Kier molecular flexibility index (Phi) is 2.85. The summed E-state index contributed by atoms with van der Waals surface area (Å²) in [6.07, 6.45) is 0. The molecular formula is C11H16N. The van der Waals surface area contributed by atoms with Crippen molar-refractivity contribution in [2.24, 2.45) is 0 Å². The van der Waals surface area contributed by atoms with Gasteiger partial charge in [-0.2, -0.15) is 0 Å². The second kappa shape index (κ2) is 3.70. The third-order valence-corrected chi connectivity index (χ3v) is 1.90. The Balaban J connectivity index is 2.96. The van der Waals surface area contributed by atoms with Crippen LogP contribution in [0.15, 0.2) is 12.1 Å². The third-order valence-electron chi connectivity index (χ3n) is 1.90. The first-order chi connectivity index (χ1) is 5.61. The van der Waals surface area contributed by atoms with Crippen LogP contribution in [0.2, 0.25) is 0 Å². The fraction of sp³-hybridized carbons (Fsp3) is 0.545. The van der Waals surface area contributed by atoms with Gasteiger partial charge >= 0.3 is 0 Å². The molecule has 0 N–H and O–H groups in total. The number of hydrogen-bond donors (Lipinski definition) is 0. The third kappa shape index (κ3) is 2.07. The summed E-state index contributed by atoms with van der Waals surface area (Å²) >= 11 is 0.